The summed E-state index contributed by atoms with van der Waals surface area (Å²) in [4.78, 5) is 36.0. The first-order valence-corrected chi connectivity index (χ1v) is 10.2. The number of carbonyl (C=O) groups excluding carboxylic acids is 2. The highest BCUT2D eigenvalue weighted by Gasteiger charge is 2.26. The molecule has 1 amide bonds. The van der Waals surface area contributed by atoms with Crippen molar-refractivity contribution in [1.29, 1.82) is 0 Å². The number of hydrogen-bond donors (Lipinski definition) is 1. The summed E-state index contributed by atoms with van der Waals surface area (Å²) in [6, 6.07) is 10.5. The van der Waals surface area contributed by atoms with Gasteiger partial charge < -0.3 is 10.1 Å². The van der Waals surface area contributed by atoms with Crippen LogP contribution in [0.4, 0.5) is 10.7 Å². The van der Waals surface area contributed by atoms with Gasteiger partial charge in [0.1, 0.15) is 16.1 Å². The smallest absolute Gasteiger partial charge is 0.341 e. The van der Waals surface area contributed by atoms with Crippen molar-refractivity contribution < 1.29 is 19.2 Å². The van der Waals surface area contributed by atoms with Gasteiger partial charge in [0, 0.05) is 27.1 Å². The van der Waals surface area contributed by atoms with Gasteiger partial charge in [-0.15, -0.1) is 11.3 Å². The lowest BCUT2D eigenvalue weighted by molar-refractivity contribution is -0.385. The van der Waals surface area contributed by atoms with E-state index in [1.54, 1.807) is 36.6 Å². The number of nitro groups is 1. The number of halogens is 2. The van der Waals surface area contributed by atoms with Crippen LogP contribution in [0.15, 0.2) is 47.8 Å². The lowest BCUT2D eigenvalue weighted by Gasteiger charge is -2.09. The molecule has 2 aromatic carbocycles. The van der Waals surface area contributed by atoms with Crippen molar-refractivity contribution in [1.82, 2.24) is 0 Å². The monoisotopic (exact) mass is 464 g/mol. The SMILES string of the molecule is CCOC(=O)c1c(-c2ccc(Cl)cc2)csc1NC(=O)c1cc(Cl)ccc1[N+](=O)[O-]. The number of rotatable bonds is 6. The van der Waals surface area contributed by atoms with Gasteiger partial charge in [-0.05, 0) is 36.8 Å². The minimum absolute atomic E-state index is 0.141. The highest BCUT2D eigenvalue weighted by molar-refractivity contribution is 7.15. The summed E-state index contributed by atoms with van der Waals surface area (Å²) in [5.41, 5.74) is 0.786. The van der Waals surface area contributed by atoms with Crippen molar-refractivity contribution in [2.75, 3.05) is 11.9 Å². The predicted molar refractivity (Wildman–Crippen MR) is 117 cm³/mol. The summed E-state index contributed by atoms with van der Waals surface area (Å²) >= 11 is 12.9. The summed E-state index contributed by atoms with van der Waals surface area (Å²) in [6.45, 7) is 1.81. The molecule has 0 unspecified atom stereocenters. The summed E-state index contributed by atoms with van der Waals surface area (Å²) in [7, 11) is 0. The van der Waals surface area contributed by atoms with Crippen molar-refractivity contribution in [3.63, 3.8) is 0 Å². The second-order valence-electron chi connectivity index (χ2n) is 5.95. The number of carbonyl (C=O) groups is 2. The lowest BCUT2D eigenvalue weighted by atomic mass is 10.0. The average molecular weight is 465 g/mol. The average Bonchev–Trinajstić information content (AvgIpc) is 3.12. The molecule has 7 nitrogen and oxygen atoms in total. The number of ether oxygens (including phenoxy) is 1. The maximum Gasteiger partial charge on any atom is 0.341 e. The molecule has 30 heavy (non-hydrogen) atoms. The molecule has 1 N–H and O–H groups in total. The van der Waals surface area contributed by atoms with Gasteiger partial charge >= 0.3 is 5.97 Å². The maximum absolute atomic E-state index is 12.8. The molecular weight excluding hydrogens is 451 g/mol. The van der Waals surface area contributed by atoms with Crippen molar-refractivity contribution in [3.05, 3.63) is 79.1 Å². The highest BCUT2D eigenvalue weighted by atomic mass is 35.5. The fourth-order valence-electron chi connectivity index (χ4n) is 2.72. The zero-order chi connectivity index (χ0) is 21.8. The number of nitrogens with zero attached hydrogens (tertiary/aromatic N) is 1. The molecule has 0 atom stereocenters. The summed E-state index contributed by atoms with van der Waals surface area (Å²) in [6.07, 6.45) is 0. The summed E-state index contributed by atoms with van der Waals surface area (Å²) < 4.78 is 5.14. The van der Waals surface area contributed by atoms with Crippen molar-refractivity contribution in [3.8, 4) is 11.1 Å². The van der Waals surface area contributed by atoms with E-state index in [9.17, 15) is 19.7 Å². The predicted octanol–water partition coefficient (Wildman–Crippen LogP) is 6.06. The first kappa shape index (κ1) is 21.8. The third-order valence-corrected chi connectivity index (χ3v) is 5.44. The summed E-state index contributed by atoms with van der Waals surface area (Å²) in [5, 5.41) is 16.5. The van der Waals surface area contributed by atoms with Gasteiger partial charge in [-0.2, -0.15) is 0 Å². The van der Waals surface area contributed by atoms with Gasteiger partial charge in [0.25, 0.3) is 11.6 Å². The van der Waals surface area contributed by atoms with Crippen LogP contribution in [0.3, 0.4) is 0 Å². The second kappa shape index (κ2) is 9.25. The Balaban J connectivity index is 2.03. The van der Waals surface area contributed by atoms with E-state index in [-0.39, 0.29) is 27.8 Å². The number of nitro benzene ring substituents is 1. The number of amides is 1. The topological polar surface area (TPSA) is 98.5 Å². The van der Waals surface area contributed by atoms with E-state index in [0.29, 0.717) is 16.1 Å². The van der Waals surface area contributed by atoms with Gasteiger partial charge in [-0.3, -0.25) is 14.9 Å². The van der Waals surface area contributed by atoms with Crippen LogP contribution < -0.4 is 5.32 Å². The number of hydrogen-bond acceptors (Lipinski definition) is 6. The minimum Gasteiger partial charge on any atom is -0.462 e. The van der Waals surface area contributed by atoms with Gasteiger partial charge in [0.2, 0.25) is 0 Å². The van der Waals surface area contributed by atoms with Crippen LogP contribution in [0.5, 0.6) is 0 Å². The molecule has 1 aromatic heterocycles. The van der Waals surface area contributed by atoms with E-state index < -0.39 is 22.5 Å². The van der Waals surface area contributed by atoms with Gasteiger partial charge in [-0.1, -0.05) is 35.3 Å². The molecule has 0 spiro atoms. The molecule has 10 heteroatoms. The Hall–Kier alpha value is -2.94. The Morgan fingerprint density at radius 1 is 1.13 bits per heavy atom. The van der Waals surface area contributed by atoms with Gasteiger partial charge in [0.05, 0.1) is 11.5 Å². The van der Waals surface area contributed by atoms with Crippen LogP contribution >= 0.6 is 34.5 Å². The van der Waals surface area contributed by atoms with Crippen molar-refractivity contribution in [2.45, 2.75) is 6.92 Å². The molecule has 0 saturated heterocycles. The maximum atomic E-state index is 12.8. The van der Waals surface area contributed by atoms with Crippen molar-refractivity contribution in [2.24, 2.45) is 0 Å². The Labute approximate surface area is 185 Å². The van der Waals surface area contributed by atoms with Crippen LogP contribution in [0.1, 0.15) is 27.6 Å². The zero-order valence-electron chi connectivity index (χ0n) is 15.5. The molecule has 3 aromatic rings. The summed E-state index contributed by atoms with van der Waals surface area (Å²) in [5.74, 6) is -1.39. The fraction of sp³-hybridized carbons (Fsp3) is 0.100. The quantitative estimate of drug-likeness (QED) is 0.271. The van der Waals surface area contributed by atoms with Gasteiger partial charge in [-0.25, -0.2) is 4.79 Å². The minimum atomic E-state index is -0.765. The van der Waals surface area contributed by atoms with Crippen molar-refractivity contribution >= 4 is 57.1 Å². The van der Waals surface area contributed by atoms with Crippen LogP contribution in [0, 0.1) is 10.1 Å². The Bertz CT molecular complexity index is 1130. The Kier molecular flexibility index (Phi) is 6.71. The van der Waals surface area contributed by atoms with E-state index in [0.717, 1.165) is 17.4 Å². The standard InChI is InChI=1S/C20H14Cl2N2O5S/c1-2-29-20(26)17-15(11-3-5-12(21)6-4-11)10-30-19(17)23-18(25)14-9-13(22)7-8-16(14)24(27)28/h3-10H,2H2,1H3,(H,23,25). The molecule has 0 aliphatic carbocycles. The first-order chi connectivity index (χ1) is 14.3. The molecule has 0 saturated carbocycles. The second-order valence-corrected chi connectivity index (χ2v) is 7.71. The molecule has 0 radical (unpaired) electrons. The van der Waals surface area contributed by atoms with Crippen LogP contribution in [-0.4, -0.2) is 23.4 Å². The number of anilines is 1. The normalized spacial score (nSPS) is 10.5. The Morgan fingerprint density at radius 2 is 1.80 bits per heavy atom. The van der Waals surface area contributed by atoms with E-state index in [1.165, 1.54) is 12.1 Å². The Morgan fingerprint density at radius 3 is 2.43 bits per heavy atom. The molecule has 0 aliphatic heterocycles. The lowest BCUT2D eigenvalue weighted by Crippen LogP contribution is -2.16. The first-order valence-electron chi connectivity index (χ1n) is 8.61. The number of esters is 1. The molecule has 154 valence electrons. The molecule has 0 aliphatic rings. The van der Waals surface area contributed by atoms with Crippen LogP contribution in [0.25, 0.3) is 11.1 Å². The fourth-order valence-corrected chi connectivity index (χ4v) is 3.97. The zero-order valence-corrected chi connectivity index (χ0v) is 17.8. The molecule has 3 rings (SSSR count). The molecule has 1 heterocycles. The molecule has 0 bridgehead atoms. The number of benzene rings is 2. The van der Waals surface area contributed by atoms with E-state index in [2.05, 4.69) is 5.32 Å². The number of thiophene rings is 1. The number of nitrogens with one attached hydrogen (secondary N) is 1. The molecular formula is C20H14Cl2N2O5S. The van der Waals surface area contributed by atoms with Crippen LogP contribution in [-0.2, 0) is 4.74 Å². The van der Waals surface area contributed by atoms with Crippen LogP contribution in [0.2, 0.25) is 10.0 Å². The molecule has 0 fully saturated rings. The van der Waals surface area contributed by atoms with Gasteiger partial charge in [0.15, 0.2) is 0 Å². The van der Waals surface area contributed by atoms with E-state index in [4.69, 9.17) is 27.9 Å². The van der Waals surface area contributed by atoms with E-state index >= 15 is 0 Å². The van der Waals surface area contributed by atoms with E-state index in [1.807, 2.05) is 0 Å². The largest absolute Gasteiger partial charge is 0.462 e. The highest BCUT2D eigenvalue weighted by Crippen LogP contribution is 2.37. The third-order valence-electron chi connectivity index (χ3n) is 4.05. The third kappa shape index (κ3) is 4.62.